The predicted molar refractivity (Wildman–Crippen MR) is 103 cm³/mol. The van der Waals surface area contributed by atoms with E-state index in [2.05, 4.69) is 44.2 Å². The molecule has 0 bridgehead atoms. The van der Waals surface area contributed by atoms with E-state index in [1.54, 1.807) is 4.57 Å². The summed E-state index contributed by atoms with van der Waals surface area (Å²) in [6.45, 7) is 4.69. The van der Waals surface area contributed by atoms with Crippen LogP contribution in [0.25, 0.3) is 21.3 Å². The Kier molecular flexibility index (Phi) is 5.30. The molecule has 0 amide bonds. The molecule has 0 aliphatic rings. The summed E-state index contributed by atoms with van der Waals surface area (Å²) in [7, 11) is 0. The first kappa shape index (κ1) is 17.4. The number of fused-ring (bicyclic) bond motifs is 1. The van der Waals surface area contributed by atoms with Crippen molar-refractivity contribution < 1.29 is 0 Å². The van der Waals surface area contributed by atoms with Gasteiger partial charge in [-0.3, -0.25) is 9.36 Å². The number of nitriles is 1. The van der Waals surface area contributed by atoms with E-state index in [0.29, 0.717) is 24.8 Å². The zero-order chi connectivity index (χ0) is 17.8. The zero-order valence-electron chi connectivity index (χ0n) is 14.6. The number of hydrogen-bond donors (Lipinski definition) is 0. The lowest BCUT2D eigenvalue weighted by Gasteiger charge is -2.11. The van der Waals surface area contributed by atoms with E-state index in [9.17, 15) is 4.79 Å². The Balaban J connectivity index is 2.16. The number of aryl methyl sites for hydroxylation is 2. The summed E-state index contributed by atoms with van der Waals surface area (Å²) in [5, 5.41) is 11.5. The van der Waals surface area contributed by atoms with Crippen molar-refractivity contribution >= 4 is 21.6 Å². The summed E-state index contributed by atoms with van der Waals surface area (Å²) in [5.74, 6) is 0.829. The molecular weight excluding hydrogens is 330 g/mol. The minimum atomic E-state index is 0.0169. The number of hydrogen-bond acceptors (Lipinski definition) is 4. The molecule has 0 saturated heterocycles. The number of aromatic nitrogens is 2. The highest BCUT2D eigenvalue weighted by atomic mass is 32.1. The van der Waals surface area contributed by atoms with Crippen LogP contribution in [0, 0.1) is 18.3 Å². The molecule has 0 fully saturated rings. The van der Waals surface area contributed by atoms with Crippen LogP contribution in [0.15, 0.2) is 34.4 Å². The van der Waals surface area contributed by atoms with Crippen LogP contribution in [0.3, 0.4) is 0 Å². The van der Waals surface area contributed by atoms with Crippen molar-refractivity contribution in [2.45, 2.75) is 46.1 Å². The van der Waals surface area contributed by atoms with E-state index in [4.69, 9.17) is 10.2 Å². The highest BCUT2D eigenvalue weighted by Crippen LogP contribution is 2.31. The van der Waals surface area contributed by atoms with E-state index < -0.39 is 0 Å². The molecule has 0 aliphatic carbocycles. The first-order valence-electron chi connectivity index (χ1n) is 8.60. The minimum Gasteiger partial charge on any atom is -0.296 e. The van der Waals surface area contributed by atoms with Crippen molar-refractivity contribution in [1.29, 1.82) is 5.26 Å². The average molecular weight is 351 g/mol. The predicted octanol–water partition coefficient (Wildman–Crippen LogP) is 4.69. The molecule has 5 heteroatoms. The van der Waals surface area contributed by atoms with Crippen LogP contribution in [0.4, 0.5) is 0 Å². The molecule has 25 heavy (non-hydrogen) atoms. The quantitative estimate of drug-likeness (QED) is 0.605. The van der Waals surface area contributed by atoms with Crippen molar-refractivity contribution in [1.82, 2.24) is 9.55 Å². The molecule has 0 atom stereocenters. The molecule has 0 radical (unpaired) electrons. The first-order valence-corrected chi connectivity index (χ1v) is 9.48. The Morgan fingerprint density at radius 2 is 2.04 bits per heavy atom. The molecule has 2 aromatic heterocycles. The van der Waals surface area contributed by atoms with Crippen molar-refractivity contribution in [3.63, 3.8) is 0 Å². The van der Waals surface area contributed by atoms with Gasteiger partial charge in [0.25, 0.3) is 5.56 Å². The van der Waals surface area contributed by atoms with Gasteiger partial charge in [-0.05, 0) is 25.3 Å². The Hall–Kier alpha value is -2.45. The van der Waals surface area contributed by atoms with Crippen LogP contribution in [0.5, 0.6) is 0 Å². The summed E-state index contributed by atoms with van der Waals surface area (Å²) in [5.41, 5.74) is 3.21. The third-order valence-corrected chi connectivity index (χ3v) is 5.15. The smallest absolute Gasteiger partial charge is 0.262 e. The van der Waals surface area contributed by atoms with Gasteiger partial charge in [-0.2, -0.15) is 5.26 Å². The number of unbranched alkanes of at least 4 members (excludes halogenated alkanes) is 1. The van der Waals surface area contributed by atoms with E-state index in [-0.39, 0.29) is 5.56 Å². The van der Waals surface area contributed by atoms with Crippen molar-refractivity contribution in [3.05, 3.63) is 51.4 Å². The van der Waals surface area contributed by atoms with Gasteiger partial charge in [0.2, 0.25) is 0 Å². The van der Waals surface area contributed by atoms with Crippen LogP contribution < -0.4 is 5.56 Å². The van der Waals surface area contributed by atoms with Gasteiger partial charge >= 0.3 is 0 Å². The minimum absolute atomic E-state index is 0.0169. The van der Waals surface area contributed by atoms with Gasteiger partial charge in [0.05, 0.1) is 11.5 Å². The van der Waals surface area contributed by atoms with Gasteiger partial charge in [0, 0.05) is 30.3 Å². The van der Waals surface area contributed by atoms with Crippen LogP contribution in [0.2, 0.25) is 0 Å². The molecule has 3 aromatic rings. The van der Waals surface area contributed by atoms with Gasteiger partial charge in [0.15, 0.2) is 0 Å². The topological polar surface area (TPSA) is 58.7 Å². The lowest BCUT2D eigenvalue weighted by Crippen LogP contribution is -2.25. The largest absolute Gasteiger partial charge is 0.296 e. The number of thiophene rings is 1. The molecule has 3 rings (SSSR count). The summed E-state index contributed by atoms with van der Waals surface area (Å²) in [6.07, 6.45) is 2.83. The number of benzene rings is 1. The molecule has 128 valence electrons. The normalized spacial score (nSPS) is 10.9. The Morgan fingerprint density at radius 3 is 2.72 bits per heavy atom. The molecule has 1 aromatic carbocycles. The van der Waals surface area contributed by atoms with Crippen molar-refractivity contribution in [2.24, 2.45) is 0 Å². The van der Waals surface area contributed by atoms with Gasteiger partial charge in [-0.15, -0.1) is 11.3 Å². The van der Waals surface area contributed by atoms with E-state index >= 15 is 0 Å². The van der Waals surface area contributed by atoms with E-state index in [0.717, 1.165) is 34.6 Å². The summed E-state index contributed by atoms with van der Waals surface area (Å²) in [6, 6.07) is 10.4. The molecule has 0 spiro atoms. The highest BCUT2D eigenvalue weighted by Gasteiger charge is 2.16. The SMILES string of the molecule is CCCc1nc2scc(-c3ccc(C)cc3)c2c(=O)n1CCCC#N. The standard InChI is InChI=1S/C20H21N3OS/c1-3-6-17-22-19-18(20(24)23(17)12-5-4-11-21)16(13-25-19)15-9-7-14(2)8-10-15/h7-10,13H,3-6,12H2,1-2H3. The maximum Gasteiger partial charge on any atom is 0.262 e. The van der Waals surface area contributed by atoms with Crippen molar-refractivity contribution in [2.75, 3.05) is 0 Å². The summed E-state index contributed by atoms with van der Waals surface area (Å²) in [4.78, 5) is 18.8. The Labute approximate surface area is 151 Å². The van der Waals surface area contributed by atoms with Gasteiger partial charge in [-0.1, -0.05) is 36.8 Å². The fourth-order valence-electron chi connectivity index (χ4n) is 2.97. The third kappa shape index (κ3) is 3.49. The number of rotatable bonds is 6. The van der Waals surface area contributed by atoms with Crippen LogP contribution in [-0.4, -0.2) is 9.55 Å². The second-order valence-electron chi connectivity index (χ2n) is 6.19. The molecule has 0 aliphatic heterocycles. The van der Waals surface area contributed by atoms with Gasteiger partial charge < -0.3 is 0 Å². The van der Waals surface area contributed by atoms with Crippen molar-refractivity contribution in [3.8, 4) is 17.2 Å². The Morgan fingerprint density at radius 1 is 1.28 bits per heavy atom. The maximum atomic E-state index is 13.2. The van der Waals surface area contributed by atoms with Crippen LogP contribution in [-0.2, 0) is 13.0 Å². The molecular formula is C20H21N3OS. The van der Waals surface area contributed by atoms with E-state index in [1.807, 2.05) is 5.38 Å². The van der Waals surface area contributed by atoms with E-state index in [1.165, 1.54) is 16.9 Å². The molecule has 0 saturated carbocycles. The van der Waals surface area contributed by atoms with Gasteiger partial charge in [0.1, 0.15) is 10.7 Å². The lowest BCUT2D eigenvalue weighted by molar-refractivity contribution is 0.585. The molecule has 0 N–H and O–H groups in total. The van der Waals surface area contributed by atoms with Crippen LogP contribution >= 0.6 is 11.3 Å². The van der Waals surface area contributed by atoms with Crippen LogP contribution in [0.1, 0.15) is 37.6 Å². The second kappa shape index (κ2) is 7.62. The average Bonchev–Trinajstić information content (AvgIpc) is 3.03. The molecule has 0 unspecified atom stereocenters. The first-order chi connectivity index (χ1) is 12.2. The number of nitrogens with zero attached hydrogens (tertiary/aromatic N) is 3. The summed E-state index contributed by atoms with van der Waals surface area (Å²) >= 11 is 1.53. The zero-order valence-corrected chi connectivity index (χ0v) is 15.4. The summed E-state index contributed by atoms with van der Waals surface area (Å²) < 4.78 is 1.77. The maximum absolute atomic E-state index is 13.2. The Bertz CT molecular complexity index is 977. The second-order valence-corrected chi connectivity index (χ2v) is 7.05. The molecule has 2 heterocycles. The fraction of sp³-hybridized carbons (Fsp3) is 0.350. The highest BCUT2D eigenvalue weighted by molar-refractivity contribution is 7.17. The third-order valence-electron chi connectivity index (χ3n) is 4.28. The molecule has 4 nitrogen and oxygen atoms in total. The lowest BCUT2D eigenvalue weighted by atomic mass is 10.0. The fourth-order valence-corrected chi connectivity index (χ4v) is 3.93. The van der Waals surface area contributed by atoms with Gasteiger partial charge in [-0.25, -0.2) is 4.98 Å². The monoisotopic (exact) mass is 351 g/mol.